The highest BCUT2D eigenvalue weighted by atomic mass is 19.4. The predicted molar refractivity (Wildman–Crippen MR) is 100 cm³/mol. The Morgan fingerprint density at radius 1 is 1.16 bits per heavy atom. The highest BCUT2D eigenvalue weighted by Gasteiger charge is 2.33. The first-order valence-corrected chi connectivity index (χ1v) is 8.87. The molecule has 0 saturated heterocycles. The van der Waals surface area contributed by atoms with Crippen molar-refractivity contribution < 1.29 is 26.9 Å². The van der Waals surface area contributed by atoms with Crippen LogP contribution >= 0.6 is 0 Å². The molecule has 1 amide bonds. The van der Waals surface area contributed by atoms with E-state index in [1.165, 1.54) is 41.3 Å². The number of alkyl halides is 3. The SMILES string of the molecule is O=C(Nc1cnn(Cc2cnccc2C(F)(F)F)c1)c1cc(-c2ccccc2F)on1. The molecule has 0 spiro atoms. The fourth-order valence-electron chi connectivity index (χ4n) is 2.88. The van der Waals surface area contributed by atoms with Gasteiger partial charge in [0.25, 0.3) is 5.91 Å². The summed E-state index contributed by atoms with van der Waals surface area (Å²) in [5.41, 5.74) is -0.594. The van der Waals surface area contributed by atoms with E-state index in [2.05, 4.69) is 20.6 Å². The second-order valence-electron chi connectivity index (χ2n) is 6.47. The van der Waals surface area contributed by atoms with E-state index in [9.17, 15) is 22.4 Å². The van der Waals surface area contributed by atoms with Crippen molar-refractivity contribution in [3.8, 4) is 11.3 Å². The zero-order chi connectivity index (χ0) is 22.0. The molecule has 1 N–H and O–H groups in total. The van der Waals surface area contributed by atoms with Crippen LogP contribution in [-0.2, 0) is 12.7 Å². The van der Waals surface area contributed by atoms with Gasteiger partial charge in [-0.3, -0.25) is 14.5 Å². The normalized spacial score (nSPS) is 11.5. The molecule has 0 aliphatic rings. The average Bonchev–Trinajstić information content (AvgIpc) is 3.38. The molecule has 0 fully saturated rings. The van der Waals surface area contributed by atoms with E-state index in [0.717, 1.165) is 18.5 Å². The minimum Gasteiger partial charge on any atom is -0.355 e. The van der Waals surface area contributed by atoms with Gasteiger partial charge >= 0.3 is 6.18 Å². The summed E-state index contributed by atoms with van der Waals surface area (Å²) in [4.78, 5) is 16.1. The molecular weight excluding hydrogens is 418 g/mol. The topological polar surface area (TPSA) is 85.8 Å². The molecule has 158 valence electrons. The lowest BCUT2D eigenvalue weighted by Crippen LogP contribution is -2.13. The zero-order valence-electron chi connectivity index (χ0n) is 15.6. The van der Waals surface area contributed by atoms with Crippen LogP contribution in [0.4, 0.5) is 23.2 Å². The largest absolute Gasteiger partial charge is 0.416 e. The van der Waals surface area contributed by atoms with Crippen molar-refractivity contribution in [3.63, 3.8) is 0 Å². The van der Waals surface area contributed by atoms with Gasteiger partial charge in [0.05, 0.1) is 29.6 Å². The van der Waals surface area contributed by atoms with Crippen LogP contribution in [0.25, 0.3) is 11.3 Å². The molecule has 4 aromatic rings. The van der Waals surface area contributed by atoms with Crippen molar-refractivity contribution in [1.82, 2.24) is 19.9 Å². The van der Waals surface area contributed by atoms with Crippen LogP contribution in [0.2, 0.25) is 0 Å². The van der Waals surface area contributed by atoms with E-state index in [0.29, 0.717) is 0 Å². The number of amides is 1. The third-order valence-corrected chi connectivity index (χ3v) is 4.31. The summed E-state index contributed by atoms with van der Waals surface area (Å²) >= 11 is 0. The monoisotopic (exact) mass is 431 g/mol. The molecule has 0 saturated carbocycles. The molecule has 0 aliphatic heterocycles. The van der Waals surface area contributed by atoms with Gasteiger partial charge in [0.2, 0.25) is 0 Å². The fraction of sp³-hybridized carbons (Fsp3) is 0.100. The van der Waals surface area contributed by atoms with Gasteiger partial charge < -0.3 is 9.84 Å². The van der Waals surface area contributed by atoms with Gasteiger partial charge in [-0.25, -0.2) is 4.39 Å². The van der Waals surface area contributed by atoms with E-state index in [1.54, 1.807) is 6.07 Å². The predicted octanol–water partition coefficient (Wildman–Crippen LogP) is 4.39. The van der Waals surface area contributed by atoms with Gasteiger partial charge in [0, 0.05) is 30.2 Å². The molecule has 0 unspecified atom stereocenters. The lowest BCUT2D eigenvalue weighted by Gasteiger charge is -2.11. The number of pyridine rings is 1. The van der Waals surface area contributed by atoms with Crippen LogP contribution < -0.4 is 5.32 Å². The average molecular weight is 431 g/mol. The summed E-state index contributed by atoms with van der Waals surface area (Å²) in [7, 11) is 0. The number of carbonyl (C=O) groups excluding carboxylic acids is 1. The number of carbonyl (C=O) groups is 1. The molecule has 1 aromatic carbocycles. The Labute approximate surface area is 172 Å². The van der Waals surface area contributed by atoms with E-state index in [-0.39, 0.29) is 34.8 Å². The van der Waals surface area contributed by atoms with Gasteiger partial charge in [0.1, 0.15) is 5.82 Å². The van der Waals surface area contributed by atoms with Crippen LogP contribution in [0.15, 0.2) is 65.7 Å². The van der Waals surface area contributed by atoms with Gasteiger partial charge in [-0.1, -0.05) is 17.3 Å². The van der Waals surface area contributed by atoms with Crippen LogP contribution in [0.3, 0.4) is 0 Å². The molecular formula is C20H13F4N5O2. The minimum absolute atomic E-state index is 0.0676. The Hall–Kier alpha value is -4.02. The maximum absolute atomic E-state index is 13.8. The Kier molecular flexibility index (Phi) is 5.24. The van der Waals surface area contributed by atoms with E-state index in [4.69, 9.17) is 4.52 Å². The van der Waals surface area contributed by atoms with Crippen molar-refractivity contribution in [2.75, 3.05) is 5.32 Å². The summed E-state index contributed by atoms with van der Waals surface area (Å²) in [5, 5.41) is 10.1. The first-order valence-electron chi connectivity index (χ1n) is 8.87. The fourth-order valence-corrected chi connectivity index (χ4v) is 2.88. The number of nitrogens with one attached hydrogen (secondary N) is 1. The number of hydrogen-bond acceptors (Lipinski definition) is 5. The Morgan fingerprint density at radius 3 is 2.74 bits per heavy atom. The number of rotatable bonds is 5. The van der Waals surface area contributed by atoms with Crippen molar-refractivity contribution in [2.24, 2.45) is 0 Å². The second kappa shape index (κ2) is 8.01. The standard InChI is InChI=1S/C20H13F4N5O2/c21-16-4-2-1-3-14(16)18-7-17(28-31-18)19(30)27-13-9-26-29(11-13)10-12-8-25-6-5-15(12)20(22,23)24/h1-9,11H,10H2,(H,27,30). The molecule has 31 heavy (non-hydrogen) atoms. The Balaban J connectivity index is 1.47. The summed E-state index contributed by atoms with van der Waals surface area (Å²) in [6, 6.07) is 8.03. The number of hydrogen-bond donors (Lipinski definition) is 1. The van der Waals surface area contributed by atoms with Crippen molar-refractivity contribution in [1.29, 1.82) is 0 Å². The molecule has 7 nitrogen and oxygen atoms in total. The first-order chi connectivity index (χ1) is 14.8. The lowest BCUT2D eigenvalue weighted by molar-refractivity contribution is -0.138. The van der Waals surface area contributed by atoms with Crippen LogP contribution in [0, 0.1) is 5.82 Å². The third kappa shape index (κ3) is 4.44. The summed E-state index contributed by atoms with van der Waals surface area (Å²) < 4.78 is 59.4. The molecule has 4 rings (SSSR count). The Morgan fingerprint density at radius 2 is 1.97 bits per heavy atom. The number of nitrogens with zero attached hydrogens (tertiary/aromatic N) is 4. The van der Waals surface area contributed by atoms with Gasteiger partial charge in [-0.2, -0.15) is 18.3 Å². The van der Waals surface area contributed by atoms with E-state index >= 15 is 0 Å². The summed E-state index contributed by atoms with van der Waals surface area (Å²) in [6.45, 7) is -0.194. The van der Waals surface area contributed by atoms with Crippen molar-refractivity contribution in [3.05, 3.63) is 83.8 Å². The smallest absolute Gasteiger partial charge is 0.355 e. The van der Waals surface area contributed by atoms with Crippen molar-refractivity contribution in [2.45, 2.75) is 12.7 Å². The Bertz CT molecular complexity index is 1230. The maximum Gasteiger partial charge on any atom is 0.416 e. The van der Waals surface area contributed by atoms with Crippen LogP contribution in [0.1, 0.15) is 21.6 Å². The number of anilines is 1. The summed E-state index contributed by atoms with van der Waals surface area (Å²) in [5.74, 6) is -1.10. The molecule has 3 aromatic heterocycles. The molecule has 0 aliphatic carbocycles. The lowest BCUT2D eigenvalue weighted by atomic mass is 10.1. The van der Waals surface area contributed by atoms with Gasteiger partial charge in [-0.15, -0.1) is 0 Å². The van der Waals surface area contributed by atoms with E-state index in [1.807, 2.05) is 0 Å². The highest BCUT2D eigenvalue weighted by molar-refractivity contribution is 6.03. The zero-order valence-corrected chi connectivity index (χ0v) is 15.6. The third-order valence-electron chi connectivity index (χ3n) is 4.31. The van der Waals surface area contributed by atoms with Crippen LogP contribution in [-0.4, -0.2) is 25.8 Å². The number of aromatic nitrogens is 4. The summed E-state index contributed by atoms with van der Waals surface area (Å²) in [6.07, 6.45) is 0.296. The van der Waals surface area contributed by atoms with Crippen LogP contribution in [0.5, 0.6) is 0 Å². The molecule has 0 bridgehead atoms. The van der Waals surface area contributed by atoms with Crippen molar-refractivity contribution >= 4 is 11.6 Å². The molecule has 11 heteroatoms. The van der Waals surface area contributed by atoms with Gasteiger partial charge in [-0.05, 0) is 18.2 Å². The second-order valence-corrected chi connectivity index (χ2v) is 6.47. The first kappa shape index (κ1) is 20.3. The van der Waals surface area contributed by atoms with Gasteiger partial charge in [0.15, 0.2) is 11.5 Å². The van der Waals surface area contributed by atoms with E-state index < -0.39 is 23.5 Å². The highest BCUT2D eigenvalue weighted by Crippen LogP contribution is 2.31. The minimum atomic E-state index is -4.52. The molecule has 3 heterocycles. The quantitative estimate of drug-likeness (QED) is 0.474. The molecule has 0 radical (unpaired) electrons. The maximum atomic E-state index is 13.8. The number of benzene rings is 1. The number of halogens is 4. The molecule has 0 atom stereocenters.